The molecule has 0 heterocycles. The van der Waals surface area contributed by atoms with Gasteiger partial charge in [0.25, 0.3) is 0 Å². The highest BCUT2D eigenvalue weighted by atomic mass is 16.4. The van der Waals surface area contributed by atoms with Crippen LogP contribution in [0.4, 0.5) is 0 Å². The van der Waals surface area contributed by atoms with Gasteiger partial charge in [0.1, 0.15) is 0 Å². The first kappa shape index (κ1) is 18.5. The number of hydrogen-bond acceptors (Lipinski definition) is 2. The number of benzene rings is 1. The zero-order valence-corrected chi connectivity index (χ0v) is 16.4. The third-order valence-corrected chi connectivity index (χ3v) is 7.20. The van der Waals surface area contributed by atoms with Crippen LogP contribution in [0, 0.1) is 28.6 Å². The molecular formula is C23H31NO3. The van der Waals surface area contributed by atoms with Crippen molar-refractivity contribution in [3.05, 3.63) is 35.9 Å². The summed E-state index contributed by atoms with van der Waals surface area (Å²) in [6.07, 6.45) is 7.04. The van der Waals surface area contributed by atoms with Gasteiger partial charge < -0.3 is 10.4 Å². The number of aliphatic carboxylic acids is 1. The highest BCUT2D eigenvalue weighted by Crippen LogP contribution is 2.67. The van der Waals surface area contributed by atoms with Gasteiger partial charge in [0, 0.05) is 0 Å². The van der Waals surface area contributed by atoms with Crippen LogP contribution in [-0.2, 0) is 9.59 Å². The summed E-state index contributed by atoms with van der Waals surface area (Å²) in [7, 11) is 0. The minimum Gasteiger partial charge on any atom is -0.481 e. The topological polar surface area (TPSA) is 66.4 Å². The van der Waals surface area contributed by atoms with Crippen molar-refractivity contribution in [2.24, 2.45) is 28.6 Å². The van der Waals surface area contributed by atoms with Crippen LogP contribution in [0.25, 0.3) is 0 Å². The minimum absolute atomic E-state index is 0.00285. The number of carboxylic acid groups (broad SMARTS) is 1. The molecule has 27 heavy (non-hydrogen) atoms. The lowest BCUT2D eigenvalue weighted by atomic mass is 9.42. The third kappa shape index (κ3) is 3.51. The van der Waals surface area contributed by atoms with Crippen molar-refractivity contribution in [2.75, 3.05) is 0 Å². The van der Waals surface area contributed by atoms with Gasteiger partial charge in [-0.05, 0) is 60.8 Å². The van der Waals surface area contributed by atoms with Crippen LogP contribution in [0.2, 0.25) is 0 Å². The van der Waals surface area contributed by atoms with E-state index in [4.69, 9.17) is 0 Å². The predicted octanol–water partition coefficient (Wildman–Crippen LogP) is 4.56. The first-order chi connectivity index (χ1) is 12.8. The fourth-order valence-corrected chi connectivity index (χ4v) is 6.52. The van der Waals surface area contributed by atoms with Gasteiger partial charge in [-0.25, -0.2) is 0 Å². The summed E-state index contributed by atoms with van der Waals surface area (Å²) in [4.78, 5) is 24.4. The maximum absolute atomic E-state index is 13.0. The number of carbonyl (C=O) groups excluding carboxylic acids is 1. The van der Waals surface area contributed by atoms with Crippen molar-refractivity contribution in [2.45, 2.75) is 64.8 Å². The molecule has 0 radical (unpaired) electrons. The van der Waals surface area contributed by atoms with E-state index < -0.39 is 11.9 Å². The van der Waals surface area contributed by atoms with E-state index >= 15 is 0 Å². The average Bonchev–Trinajstić information content (AvgIpc) is 3.06. The van der Waals surface area contributed by atoms with Gasteiger partial charge in [-0.3, -0.25) is 9.59 Å². The summed E-state index contributed by atoms with van der Waals surface area (Å²) in [6, 6.07) is 10.2. The molecule has 4 nitrogen and oxygen atoms in total. The second-order valence-electron chi connectivity index (χ2n) is 10.1. The number of carboxylic acids is 1. The van der Waals surface area contributed by atoms with Gasteiger partial charge in [-0.2, -0.15) is 0 Å². The lowest BCUT2D eigenvalue weighted by Gasteiger charge is -2.63. The van der Waals surface area contributed by atoms with Gasteiger partial charge in [0.05, 0.1) is 17.9 Å². The monoisotopic (exact) mass is 369 g/mol. The predicted molar refractivity (Wildman–Crippen MR) is 104 cm³/mol. The Morgan fingerprint density at radius 3 is 2.30 bits per heavy atom. The van der Waals surface area contributed by atoms with Crippen LogP contribution in [0.3, 0.4) is 0 Å². The summed E-state index contributed by atoms with van der Waals surface area (Å²) in [6.45, 7) is 4.68. The van der Waals surface area contributed by atoms with Gasteiger partial charge in [0.2, 0.25) is 5.91 Å². The van der Waals surface area contributed by atoms with Crippen LogP contribution >= 0.6 is 0 Å². The maximum Gasteiger partial charge on any atom is 0.307 e. The molecule has 1 aromatic carbocycles. The molecule has 4 rings (SSSR count). The molecule has 4 heteroatoms. The van der Waals surface area contributed by atoms with E-state index in [0.29, 0.717) is 29.6 Å². The molecule has 3 atom stereocenters. The van der Waals surface area contributed by atoms with Crippen LogP contribution < -0.4 is 5.32 Å². The molecule has 0 aromatic heterocycles. The number of amides is 1. The normalized spacial score (nSPS) is 29.6. The Balaban J connectivity index is 1.47. The van der Waals surface area contributed by atoms with E-state index in [1.165, 1.54) is 25.7 Å². The van der Waals surface area contributed by atoms with E-state index in [0.717, 1.165) is 12.0 Å². The van der Waals surface area contributed by atoms with Gasteiger partial charge in [-0.15, -0.1) is 0 Å². The van der Waals surface area contributed by atoms with E-state index in [1.54, 1.807) is 0 Å². The van der Waals surface area contributed by atoms with Crippen molar-refractivity contribution in [1.29, 1.82) is 0 Å². The van der Waals surface area contributed by atoms with Crippen molar-refractivity contribution in [3.8, 4) is 0 Å². The Kier molecular flexibility index (Phi) is 4.56. The molecule has 0 bridgehead atoms. The Morgan fingerprint density at radius 2 is 1.70 bits per heavy atom. The third-order valence-electron chi connectivity index (χ3n) is 7.20. The average molecular weight is 370 g/mol. The molecule has 0 saturated heterocycles. The maximum atomic E-state index is 13.0. The molecule has 1 aromatic rings. The van der Waals surface area contributed by atoms with Crippen LogP contribution in [0.15, 0.2) is 30.3 Å². The van der Waals surface area contributed by atoms with E-state index in [9.17, 15) is 14.7 Å². The number of carbonyl (C=O) groups is 2. The standard InChI is InChI=1S/C23H31NO3/c1-22(2)13-23(14-22)11-16(12-23)19(15-7-4-3-5-8-15)24-20(25)17-9-6-10-18(17)21(26)27/h3-5,7-8,16-19H,6,9-14H2,1-2H3,(H,24,25)(H,26,27)/t17?,18?,19-/m0/s1. The van der Waals surface area contributed by atoms with Crippen LogP contribution in [-0.4, -0.2) is 17.0 Å². The summed E-state index contributed by atoms with van der Waals surface area (Å²) in [5.74, 6) is -1.35. The summed E-state index contributed by atoms with van der Waals surface area (Å²) >= 11 is 0. The molecule has 3 aliphatic carbocycles. The Bertz CT molecular complexity index is 710. The highest BCUT2D eigenvalue weighted by molar-refractivity contribution is 5.85. The first-order valence-electron chi connectivity index (χ1n) is 10.4. The molecule has 2 unspecified atom stereocenters. The summed E-state index contributed by atoms with van der Waals surface area (Å²) in [5, 5.41) is 12.7. The van der Waals surface area contributed by atoms with Gasteiger partial charge in [0.15, 0.2) is 0 Å². The molecule has 3 fully saturated rings. The van der Waals surface area contributed by atoms with Crippen LogP contribution in [0.5, 0.6) is 0 Å². The quantitative estimate of drug-likeness (QED) is 0.799. The number of nitrogens with one attached hydrogen (secondary N) is 1. The van der Waals surface area contributed by atoms with E-state index in [2.05, 4.69) is 31.3 Å². The zero-order valence-electron chi connectivity index (χ0n) is 16.4. The molecule has 1 amide bonds. The lowest BCUT2D eigenvalue weighted by molar-refractivity contribution is -0.147. The molecule has 146 valence electrons. The minimum atomic E-state index is -0.830. The van der Waals surface area contributed by atoms with Gasteiger partial charge in [-0.1, -0.05) is 50.6 Å². The van der Waals surface area contributed by atoms with Crippen molar-refractivity contribution < 1.29 is 14.7 Å². The lowest BCUT2D eigenvalue weighted by Crippen LogP contribution is -2.54. The molecule has 2 N–H and O–H groups in total. The second-order valence-corrected chi connectivity index (χ2v) is 10.1. The number of rotatable bonds is 5. The Hall–Kier alpha value is -1.84. The smallest absolute Gasteiger partial charge is 0.307 e. The molecule has 3 saturated carbocycles. The summed E-state index contributed by atoms with van der Waals surface area (Å²) in [5.41, 5.74) is 2.10. The largest absolute Gasteiger partial charge is 0.481 e. The Labute approximate surface area is 161 Å². The Morgan fingerprint density at radius 1 is 1.07 bits per heavy atom. The molecule has 1 spiro atoms. The van der Waals surface area contributed by atoms with Crippen molar-refractivity contribution in [3.63, 3.8) is 0 Å². The second kappa shape index (κ2) is 6.65. The fourth-order valence-electron chi connectivity index (χ4n) is 6.52. The summed E-state index contributed by atoms with van der Waals surface area (Å²) < 4.78 is 0. The van der Waals surface area contributed by atoms with Gasteiger partial charge >= 0.3 is 5.97 Å². The SMILES string of the molecule is CC1(C)CC2(CC([C@@H](NC(=O)C3CCCC3C(=O)O)c3ccccc3)C2)C1. The van der Waals surface area contributed by atoms with E-state index in [1.807, 2.05) is 18.2 Å². The molecular weight excluding hydrogens is 338 g/mol. The molecule has 3 aliphatic rings. The number of hydrogen-bond donors (Lipinski definition) is 2. The van der Waals surface area contributed by atoms with Crippen LogP contribution in [0.1, 0.15) is 70.4 Å². The van der Waals surface area contributed by atoms with Crippen molar-refractivity contribution >= 4 is 11.9 Å². The highest BCUT2D eigenvalue weighted by Gasteiger charge is 2.57. The molecule has 0 aliphatic heterocycles. The zero-order chi connectivity index (χ0) is 19.2. The van der Waals surface area contributed by atoms with Crippen molar-refractivity contribution in [1.82, 2.24) is 5.32 Å². The fraction of sp³-hybridized carbons (Fsp3) is 0.652. The van der Waals surface area contributed by atoms with E-state index in [-0.39, 0.29) is 17.9 Å². The first-order valence-corrected chi connectivity index (χ1v) is 10.4.